The molecule has 0 aliphatic heterocycles. The summed E-state index contributed by atoms with van der Waals surface area (Å²) in [5.41, 5.74) is 0. The molecule has 0 aromatic heterocycles. The van der Waals surface area contributed by atoms with E-state index in [1.54, 1.807) is 0 Å². The van der Waals surface area contributed by atoms with Crippen molar-refractivity contribution in [3.63, 3.8) is 0 Å². The molecule has 15 heavy (non-hydrogen) atoms. The molecule has 0 aliphatic carbocycles. The molecule has 0 unspecified atom stereocenters. The molecule has 0 radical (unpaired) electrons. The summed E-state index contributed by atoms with van der Waals surface area (Å²) in [7, 11) is 0. The van der Waals surface area contributed by atoms with E-state index < -0.39 is 0 Å². The van der Waals surface area contributed by atoms with Gasteiger partial charge in [-0.1, -0.05) is 0 Å². The summed E-state index contributed by atoms with van der Waals surface area (Å²) in [6, 6.07) is 1.24. The second kappa shape index (κ2) is 5.50. The molecule has 0 aromatic rings. The highest BCUT2D eigenvalue weighted by molar-refractivity contribution is 5.44. The van der Waals surface area contributed by atoms with Gasteiger partial charge in [-0.2, -0.15) is 5.01 Å². The molecule has 0 saturated heterocycles. The molecule has 0 N–H and O–H groups in total. The third-order valence-corrected chi connectivity index (χ3v) is 3.37. The average Bonchev–Trinajstić information content (AvgIpc) is 2.11. The number of nitrogens with zero attached hydrogens (tertiary/aromatic N) is 2. The van der Waals surface area contributed by atoms with E-state index in [1.165, 1.54) is 0 Å². The first kappa shape index (κ1) is 14.4. The van der Waals surface area contributed by atoms with E-state index in [0.717, 1.165) is 17.5 Å². The lowest BCUT2D eigenvalue weighted by molar-refractivity contribution is -1.07. The summed E-state index contributed by atoms with van der Waals surface area (Å²) in [6.07, 6.45) is 0.986. The number of rotatable bonds is 6. The Kier molecular flexibility index (Phi) is 5.29. The van der Waals surface area contributed by atoms with E-state index in [2.05, 4.69) is 41.5 Å². The van der Waals surface area contributed by atoms with Crippen molar-refractivity contribution in [1.29, 1.82) is 0 Å². The number of amides is 1. The van der Waals surface area contributed by atoms with Crippen LogP contribution in [0.1, 0.15) is 48.5 Å². The van der Waals surface area contributed by atoms with Crippen LogP contribution < -0.4 is 0 Å². The van der Waals surface area contributed by atoms with Crippen LogP contribution in [-0.2, 0) is 4.79 Å². The summed E-state index contributed by atoms with van der Waals surface area (Å²) < 4.78 is 0.736. The van der Waals surface area contributed by atoms with Crippen LogP contribution in [0.3, 0.4) is 0 Å². The van der Waals surface area contributed by atoms with Crippen LogP contribution in [0, 0.1) is 0 Å². The minimum atomic E-state index is 0.412. The zero-order chi connectivity index (χ0) is 12.2. The lowest BCUT2D eigenvalue weighted by atomic mass is 10.1. The van der Waals surface area contributed by atoms with Gasteiger partial charge in [-0.3, -0.25) is 4.79 Å². The van der Waals surface area contributed by atoms with Crippen molar-refractivity contribution in [3.05, 3.63) is 0 Å². The summed E-state index contributed by atoms with van der Waals surface area (Å²) in [6.45, 7) is 15.9. The third kappa shape index (κ3) is 2.33. The average molecular weight is 215 g/mol. The maximum atomic E-state index is 11.2. The largest absolute Gasteiger partial charge is 0.273 e. The predicted octanol–water partition coefficient (Wildman–Crippen LogP) is 2.42. The van der Waals surface area contributed by atoms with E-state index >= 15 is 0 Å². The Morgan fingerprint density at radius 2 is 1.33 bits per heavy atom. The first-order chi connectivity index (χ1) is 6.85. The van der Waals surface area contributed by atoms with E-state index in [1.807, 2.05) is 11.9 Å². The van der Waals surface area contributed by atoms with Crippen LogP contribution >= 0.6 is 0 Å². The summed E-state index contributed by atoms with van der Waals surface area (Å²) in [5.74, 6) is 0. The molecule has 3 heteroatoms. The lowest BCUT2D eigenvalue weighted by Gasteiger charge is -2.52. The number of quaternary nitrogens is 1. The smallest absolute Gasteiger partial charge is 0.255 e. The van der Waals surface area contributed by atoms with Gasteiger partial charge in [0.1, 0.15) is 18.1 Å². The lowest BCUT2D eigenvalue weighted by Crippen LogP contribution is -2.70. The van der Waals surface area contributed by atoms with E-state index in [-0.39, 0.29) is 0 Å². The minimum Gasteiger partial charge on any atom is -0.273 e. The molecule has 0 saturated carbocycles. The van der Waals surface area contributed by atoms with Gasteiger partial charge >= 0.3 is 0 Å². The van der Waals surface area contributed by atoms with E-state index in [4.69, 9.17) is 0 Å². The molecule has 0 bridgehead atoms. The highest BCUT2D eigenvalue weighted by Crippen LogP contribution is 2.26. The summed E-state index contributed by atoms with van der Waals surface area (Å²) in [5, 5.41) is 1.92. The fourth-order valence-corrected chi connectivity index (χ4v) is 3.08. The first-order valence-electron chi connectivity index (χ1n) is 5.96. The molecule has 0 fully saturated rings. The SMILES string of the molecule is CCN(C=O)[N+](C(C)C)(C(C)C)C(C)C. The Labute approximate surface area is 94.6 Å². The Balaban J connectivity index is 5.39. The second-order valence-corrected chi connectivity index (χ2v) is 4.94. The topological polar surface area (TPSA) is 20.3 Å². The Morgan fingerprint density at radius 3 is 1.40 bits per heavy atom. The van der Waals surface area contributed by atoms with Crippen molar-refractivity contribution < 1.29 is 9.39 Å². The van der Waals surface area contributed by atoms with Gasteiger partial charge in [0.25, 0.3) is 6.41 Å². The Morgan fingerprint density at radius 1 is 1.00 bits per heavy atom. The Hall–Kier alpha value is -0.570. The molecule has 0 aromatic carbocycles. The normalized spacial score (nSPS) is 12.7. The second-order valence-electron chi connectivity index (χ2n) is 4.94. The summed E-state index contributed by atoms with van der Waals surface area (Å²) >= 11 is 0. The number of hydrogen-bond donors (Lipinski definition) is 0. The number of carbonyl (C=O) groups is 1. The molecule has 0 atom stereocenters. The van der Waals surface area contributed by atoms with Crippen LogP contribution in [-0.4, -0.2) is 40.7 Å². The van der Waals surface area contributed by atoms with Gasteiger partial charge < -0.3 is 0 Å². The molecule has 90 valence electrons. The summed E-state index contributed by atoms with van der Waals surface area (Å²) in [4.78, 5) is 11.2. The fourth-order valence-electron chi connectivity index (χ4n) is 3.08. The van der Waals surface area contributed by atoms with Crippen LogP contribution in [0.15, 0.2) is 0 Å². The number of carbonyl (C=O) groups excluding carboxylic acids is 1. The molecule has 0 heterocycles. The molecule has 3 nitrogen and oxygen atoms in total. The van der Waals surface area contributed by atoms with Crippen molar-refractivity contribution in [2.24, 2.45) is 0 Å². The molecule has 0 aliphatic rings. The van der Waals surface area contributed by atoms with Crippen LogP contribution in [0.4, 0.5) is 0 Å². The van der Waals surface area contributed by atoms with Crippen molar-refractivity contribution in [3.8, 4) is 0 Å². The van der Waals surface area contributed by atoms with Gasteiger partial charge in [-0.15, -0.1) is 0 Å². The van der Waals surface area contributed by atoms with Crippen LogP contribution in [0.25, 0.3) is 0 Å². The van der Waals surface area contributed by atoms with Crippen molar-refractivity contribution in [2.45, 2.75) is 66.6 Å². The highest BCUT2D eigenvalue weighted by atomic mass is 16.2. The monoisotopic (exact) mass is 215 g/mol. The highest BCUT2D eigenvalue weighted by Gasteiger charge is 2.43. The molecule has 1 amide bonds. The van der Waals surface area contributed by atoms with Gasteiger partial charge in [-0.05, 0) is 48.5 Å². The number of hydrogen-bond acceptors (Lipinski definition) is 1. The van der Waals surface area contributed by atoms with Crippen molar-refractivity contribution in [1.82, 2.24) is 5.01 Å². The fraction of sp³-hybridized carbons (Fsp3) is 0.917. The van der Waals surface area contributed by atoms with Gasteiger partial charge in [0.05, 0.1) is 6.54 Å². The van der Waals surface area contributed by atoms with Gasteiger partial charge in [0, 0.05) is 0 Å². The first-order valence-corrected chi connectivity index (χ1v) is 5.96. The standard InChI is InChI=1S/C12H27N2O/c1-8-13(9-15)14(10(2)3,11(4)5)12(6)7/h9-12H,8H2,1-7H3/q+1. The van der Waals surface area contributed by atoms with Crippen molar-refractivity contribution in [2.75, 3.05) is 6.54 Å². The molecule has 0 spiro atoms. The van der Waals surface area contributed by atoms with Crippen molar-refractivity contribution >= 4 is 6.41 Å². The zero-order valence-electron chi connectivity index (χ0n) is 11.3. The van der Waals surface area contributed by atoms with E-state index in [0.29, 0.717) is 18.1 Å². The van der Waals surface area contributed by atoms with Crippen LogP contribution in [0.5, 0.6) is 0 Å². The quantitative estimate of drug-likeness (QED) is 0.378. The van der Waals surface area contributed by atoms with Gasteiger partial charge in [0.15, 0.2) is 0 Å². The third-order valence-electron chi connectivity index (χ3n) is 3.37. The predicted molar refractivity (Wildman–Crippen MR) is 64.1 cm³/mol. The van der Waals surface area contributed by atoms with Gasteiger partial charge in [-0.25, -0.2) is 4.59 Å². The zero-order valence-corrected chi connectivity index (χ0v) is 11.3. The molecular formula is C12H27N2O+. The van der Waals surface area contributed by atoms with E-state index in [9.17, 15) is 4.79 Å². The van der Waals surface area contributed by atoms with Gasteiger partial charge in [0.2, 0.25) is 0 Å². The maximum Gasteiger partial charge on any atom is 0.255 e. The molecular weight excluding hydrogens is 188 g/mol. The molecule has 0 rings (SSSR count). The minimum absolute atomic E-state index is 0.412. The Bertz CT molecular complexity index is 178. The maximum absolute atomic E-state index is 11.2. The van der Waals surface area contributed by atoms with Crippen LogP contribution in [0.2, 0.25) is 0 Å².